The Morgan fingerprint density at radius 1 is 1.38 bits per heavy atom. The summed E-state index contributed by atoms with van der Waals surface area (Å²) >= 11 is 1.51. The van der Waals surface area contributed by atoms with Gasteiger partial charge in [-0.3, -0.25) is 4.79 Å². The summed E-state index contributed by atoms with van der Waals surface area (Å²) in [6.45, 7) is 2.46. The summed E-state index contributed by atoms with van der Waals surface area (Å²) in [5.74, 6) is 5.01. The van der Waals surface area contributed by atoms with E-state index in [4.69, 9.17) is 5.73 Å². The number of nitrogens with one attached hydrogen (secondary N) is 1. The molecule has 1 aromatic heterocycles. The number of carbonyl (C=O) groups excluding carboxylic acids is 1. The number of nitrogens with two attached hydrogens (primary N) is 1. The number of rotatable bonds is 3. The minimum Gasteiger partial charge on any atom is -0.347 e. The van der Waals surface area contributed by atoms with Crippen molar-refractivity contribution >= 4 is 17.2 Å². The van der Waals surface area contributed by atoms with Crippen molar-refractivity contribution in [2.24, 2.45) is 5.73 Å². The van der Waals surface area contributed by atoms with Gasteiger partial charge in [-0.05, 0) is 36.8 Å². The molecular weight excluding hydrogens is 287 g/mol. The molecule has 2 aromatic rings. The Hall–Kier alpha value is -2.16. The third-order valence-electron chi connectivity index (χ3n) is 2.72. The number of carbonyl (C=O) groups is 1. The molecule has 1 amide bonds. The molecule has 21 heavy (non-hydrogen) atoms. The molecule has 3 nitrogen and oxygen atoms in total. The predicted molar refractivity (Wildman–Crippen MR) is 82.6 cm³/mol. The van der Waals surface area contributed by atoms with Crippen LogP contribution in [0.2, 0.25) is 0 Å². The lowest BCUT2D eigenvalue weighted by atomic mass is 10.1. The molecule has 0 saturated carbocycles. The predicted octanol–water partition coefficient (Wildman–Crippen LogP) is 2.44. The number of aryl methyl sites for hydroxylation is 1. The van der Waals surface area contributed by atoms with Gasteiger partial charge >= 0.3 is 0 Å². The molecule has 5 heteroatoms. The van der Waals surface area contributed by atoms with Crippen molar-refractivity contribution in [2.45, 2.75) is 13.5 Å². The summed E-state index contributed by atoms with van der Waals surface area (Å²) in [6.07, 6.45) is 0. The standard InChI is InChI=1S/C16H15FN2OS/c1-11-5-13(8-14(17)6-11)16(20)19-9-15-7-12(10-21-15)3-2-4-18/h5-8,10H,4,9,18H2,1H3,(H,19,20). The van der Waals surface area contributed by atoms with Gasteiger partial charge in [-0.2, -0.15) is 0 Å². The molecule has 2 rings (SSSR count). The molecule has 1 aromatic carbocycles. The molecule has 0 spiro atoms. The van der Waals surface area contributed by atoms with Crippen molar-refractivity contribution in [2.75, 3.05) is 6.54 Å². The largest absolute Gasteiger partial charge is 0.347 e. The highest BCUT2D eigenvalue weighted by Crippen LogP contribution is 2.14. The molecule has 0 bridgehead atoms. The first-order valence-corrected chi connectivity index (χ1v) is 7.28. The average molecular weight is 302 g/mol. The van der Waals surface area contributed by atoms with Crippen LogP contribution in [-0.4, -0.2) is 12.5 Å². The van der Waals surface area contributed by atoms with Crippen molar-refractivity contribution < 1.29 is 9.18 Å². The Bertz CT molecular complexity index is 692. The first-order valence-electron chi connectivity index (χ1n) is 6.40. The smallest absolute Gasteiger partial charge is 0.251 e. The Morgan fingerprint density at radius 2 is 2.19 bits per heavy atom. The lowest BCUT2D eigenvalue weighted by Gasteiger charge is -2.05. The van der Waals surface area contributed by atoms with Crippen LogP contribution in [0.5, 0.6) is 0 Å². The number of halogens is 1. The van der Waals surface area contributed by atoms with Gasteiger partial charge in [-0.15, -0.1) is 11.3 Å². The third kappa shape index (κ3) is 4.42. The number of benzene rings is 1. The Kier molecular flexibility index (Phi) is 5.09. The van der Waals surface area contributed by atoms with Gasteiger partial charge in [0.05, 0.1) is 13.1 Å². The van der Waals surface area contributed by atoms with Crippen molar-refractivity contribution in [1.82, 2.24) is 5.32 Å². The number of hydrogen-bond donors (Lipinski definition) is 2. The zero-order valence-electron chi connectivity index (χ0n) is 11.6. The number of thiophene rings is 1. The van der Waals surface area contributed by atoms with Crippen LogP contribution in [0.3, 0.4) is 0 Å². The van der Waals surface area contributed by atoms with Crippen molar-refractivity contribution in [1.29, 1.82) is 0 Å². The van der Waals surface area contributed by atoms with Gasteiger partial charge in [-0.1, -0.05) is 11.8 Å². The van der Waals surface area contributed by atoms with E-state index in [0.717, 1.165) is 16.0 Å². The van der Waals surface area contributed by atoms with Crippen molar-refractivity contribution in [3.8, 4) is 11.8 Å². The van der Waals surface area contributed by atoms with Crippen LogP contribution in [0.15, 0.2) is 29.6 Å². The zero-order chi connectivity index (χ0) is 15.2. The number of amides is 1. The molecule has 0 fully saturated rings. The van der Waals surface area contributed by atoms with E-state index in [0.29, 0.717) is 18.7 Å². The summed E-state index contributed by atoms with van der Waals surface area (Å²) in [7, 11) is 0. The van der Waals surface area contributed by atoms with Crippen molar-refractivity contribution in [3.05, 3.63) is 57.0 Å². The highest BCUT2D eigenvalue weighted by atomic mass is 32.1. The molecule has 0 unspecified atom stereocenters. The molecular formula is C16H15FN2OS. The summed E-state index contributed by atoms with van der Waals surface area (Å²) in [5, 5.41) is 4.68. The van der Waals surface area contributed by atoms with Crippen LogP contribution < -0.4 is 11.1 Å². The fourth-order valence-electron chi connectivity index (χ4n) is 1.83. The Morgan fingerprint density at radius 3 is 2.90 bits per heavy atom. The van der Waals surface area contributed by atoms with Gasteiger partial charge in [0, 0.05) is 21.4 Å². The summed E-state index contributed by atoms with van der Waals surface area (Å²) in [6, 6.07) is 6.18. The van der Waals surface area contributed by atoms with Crippen molar-refractivity contribution in [3.63, 3.8) is 0 Å². The average Bonchev–Trinajstić information content (AvgIpc) is 2.89. The van der Waals surface area contributed by atoms with E-state index in [9.17, 15) is 9.18 Å². The monoisotopic (exact) mass is 302 g/mol. The van der Waals surface area contributed by atoms with E-state index >= 15 is 0 Å². The summed E-state index contributed by atoms with van der Waals surface area (Å²) in [5.41, 5.74) is 7.24. The van der Waals surface area contributed by atoms with E-state index in [2.05, 4.69) is 17.2 Å². The third-order valence-corrected chi connectivity index (χ3v) is 3.65. The minimum atomic E-state index is -0.407. The second kappa shape index (κ2) is 7.02. The van der Waals surface area contributed by atoms with Crippen LogP contribution in [0.1, 0.15) is 26.4 Å². The summed E-state index contributed by atoms with van der Waals surface area (Å²) in [4.78, 5) is 13.0. The molecule has 0 radical (unpaired) electrons. The van der Waals surface area contributed by atoms with Gasteiger partial charge in [-0.25, -0.2) is 4.39 Å². The molecule has 0 aliphatic rings. The van der Waals surface area contributed by atoms with Gasteiger partial charge in [0.15, 0.2) is 0 Å². The van der Waals surface area contributed by atoms with Crippen LogP contribution in [0.25, 0.3) is 0 Å². The first-order chi connectivity index (χ1) is 10.1. The van der Waals surface area contributed by atoms with Gasteiger partial charge in [0.1, 0.15) is 5.82 Å². The zero-order valence-corrected chi connectivity index (χ0v) is 12.4. The molecule has 108 valence electrons. The lowest BCUT2D eigenvalue weighted by molar-refractivity contribution is 0.0950. The molecule has 3 N–H and O–H groups in total. The normalized spacial score (nSPS) is 9.86. The first kappa shape index (κ1) is 15.2. The molecule has 1 heterocycles. The van der Waals surface area contributed by atoms with Crippen LogP contribution >= 0.6 is 11.3 Å². The van der Waals surface area contributed by atoms with Crippen LogP contribution in [-0.2, 0) is 6.54 Å². The fraction of sp³-hybridized carbons (Fsp3) is 0.188. The van der Waals surface area contributed by atoms with Gasteiger partial charge in [0.25, 0.3) is 5.91 Å². The van der Waals surface area contributed by atoms with Crippen LogP contribution in [0.4, 0.5) is 4.39 Å². The lowest BCUT2D eigenvalue weighted by Crippen LogP contribution is -2.22. The maximum Gasteiger partial charge on any atom is 0.251 e. The fourth-order valence-corrected chi connectivity index (χ4v) is 2.58. The highest BCUT2D eigenvalue weighted by molar-refractivity contribution is 7.10. The topological polar surface area (TPSA) is 55.1 Å². The van der Waals surface area contributed by atoms with E-state index in [1.165, 1.54) is 23.5 Å². The maximum absolute atomic E-state index is 13.3. The van der Waals surface area contributed by atoms with Gasteiger partial charge < -0.3 is 11.1 Å². The quantitative estimate of drug-likeness (QED) is 0.856. The summed E-state index contributed by atoms with van der Waals surface area (Å²) < 4.78 is 13.3. The molecule has 0 saturated heterocycles. The van der Waals surface area contributed by atoms with E-state index in [-0.39, 0.29) is 5.91 Å². The Balaban J connectivity index is 1.99. The number of hydrogen-bond acceptors (Lipinski definition) is 3. The SMILES string of the molecule is Cc1cc(F)cc(C(=O)NCc2cc(C#CCN)cs2)c1. The Labute approximate surface area is 127 Å². The maximum atomic E-state index is 13.3. The molecule has 0 aliphatic heterocycles. The molecule has 0 atom stereocenters. The van der Waals surface area contributed by atoms with E-state index < -0.39 is 5.82 Å². The molecule has 0 aliphatic carbocycles. The van der Waals surface area contributed by atoms with E-state index in [1.807, 2.05) is 11.4 Å². The van der Waals surface area contributed by atoms with E-state index in [1.54, 1.807) is 13.0 Å². The highest BCUT2D eigenvalue weighted by Gasteiger charge is 2.08. The van der Waals surface area contributed by atoms with Crippen LogP contribution in [0, 0.1) is 24.6 Å². The van der Waals surface area contributed by atoms with Gasteiger partial charge in [0.2, 0.25) is 0 Å². The minimum absolute atomic E-state index is 0.291. The second-order valence-electron chi connectivity index (χ2n) is 4.51. The second-order valence-corrected chi connectivity index (χ2v) is 5.50.